The molecule has 1 amide bonds. The second kappa shape index (κ2) is 8.12. The van der Waals surface area contributed by atoms with Gasteiger partial charge in [0, 0.05) is 12.1 Å². The molecule has 0 saturated heterocycles. The van der Waals surface area contributed by atoms with Gasteiger partial charge in [-0.05, 0) is 57.2 Å². The third-order valence-corrected chi connectivity index (χ3v) is 4.51. The number of amides is 1. The lowest BCUT2D eigenvalue weighted by Gasteiger charge is -2.28. The van der Waals surface area contributed by atoms with Gasteiger partial charge in [-0.3, -0.25) is 0 Å². The first-order chi connectivity index (χ1) is 11.7. The van der Waals surface area contributed by atoms with Crippen LogP contribution in [-0.4, -0.2) is 22.6 Å². The van der Waals surface area contributed by atoms with E-state index >= 15 is 0 Å². The number of ether oxygens (including phenoxy) is 1. The van der Waals surface area contributed by atoms with Crippen LogP contribution in [0, 0.1) is 11.3 Å². The van der Waals surface area contributed by atoms with E-state index in [1.54, 1.807) is 17.0 Å². The first-order valence-electron chi connectivity index (χ1n) is 8.22. The number of hydrogen-bond donors (Lipinski definition) is 0. The fourth-order valence-electron chi connectivity index (χ4n) is 2.42. The Labute approximate surface area is 159 Å². The van der Waals surface area contributed by atoms with Crippen LogP contribution >= 0.6 is 23.2 Å². The Balaban J connectivity index is 2.22. The van der Waals surface area contributed by atoms with Gasteiger partial charge in [0.25, 0.3) is 0 Å². The Morgan fingerprint density at radius 1 is 1.40 bits per heavy atom. The van der Waals surface area contributed by atoms with E-state index in [-0.39, 0.29) is 12.1 Å². The second-order valence-electron chi connectivity index (χ2n) is 7.13. The predicted octanol–water partition coefficient (Wildman–Crippen LogP) is 5.52. The van der Waals surface area contributed by atoms with Gasteiger partial charge in [0.2, 0.25) is 0 Å². The molecule has 1 saturated carbocycles. The van der Waals surface area contributed by atoms with Crippen LogP contribution in [0.2, 0.25) is 10.0 Å². The highest BCUT2D eigenvalue weighted by Crippen LogP contribution is 2.34. The predicted molar refractivity (Wildman–Crippen MR) is 99.7 cm³/mol. The molecular weight excluding hydrogens is 359 g/mol. The third-order valence-electron chi connectivity index (χ3n) is 3.67. The van der Waals surface area contributed by atoms with Gasteiger partial charge in [-0.1, -0.05) is 35.3 Å². The van der Waals surface area contributed by atoms with Crippen LogP contribution in [0.1, 0.15) is 44.7 Å². The zero-order chi connectivity index (χ0) is 18.6. The molecule has 0 aromatic heterocycles. The van der Waals surface area contributed by atoms with Crippen LogP contribution in [-0.2, 0) is 17.7 Å². The molecule has 0 N–H and O–H groups in total. The van der Waals surface area contributed by atoms with Crippen molar-refractivity contribution in [2.75, 3.05) is 0 Å². The summed E-state index contributed by atoms with van der Waals surface area (Å²) in [6, 6.07) is 5.86. The van der Waals surface area contributed by atoms with Crippen molar-refractivity contribution in [2.24, 2.45) is 0 Å². The van der Waals surface area contributed by atoms with Crippen molar-refractivity contribution in [3.05, 3.63) is 45.5 Å². The SMILES string of the molecule is CC(C)(C)OC(=O)N(Cc1cc(CC=CC#N)cc(Cl)c1Cl)C1CC1. The number of nitrogens with zero attached hydrogens (tertiary/aromatic N) is 2. The summed E-state index contributed by atoms with van der Waals surface area (Å²) in [7, 11) is 0. The number of halogens is 2. The molecular formula is C19H22Cl2N2O2. The minimum Gasteiger partial charge on any atom is -0.444 e. The molecule has 0 aliphatic heterocycles. The highest BCUT2D eigenvalue weighted by Gasteiger charge is 2.35. The van der Waals surface area contributed by atoms with Crippen LogP contribution in [0.5, 0.6) is 0 Å². The molecule has 134 valence electrons. The summed E-state index contributed by atoms with van der Waals surface area (Å²) in [5, 5.41) is 9.49. The number of carbonyl (C=O) groups excluding carboxylic acids is 1. The fourth-order valence-corrected chi connectivity index (χ4v) is 2.85. The maximum absolute atomic E-state index is 12.5. The summed E-state index contributed by atoms with van der Waals surface area (Å²) in [5.41, 5.74) is 1.18. The van der Waals surface area contributed by atoms with E-state index < -0.39 is 5.60 Å². The Morgan fingerprint density at radius 2 is 2.08 bits per heavy atom. The molecule has 6 heteroatoms. The van der Waals surface area contributed by atoms with E-state index in [2.05, 4.69) is 0 Å². The largest absolute Gasteiger partial charge is 0.444 e. The molecule has 1 aliphatic rings. The van der Waals surface area contributed by atoms with Gasteiger partial charge in [0.1, 0.15) is 5.60 Å². The number of carbonyl (C=O) groups is 1. The number of nitriles is 1. The molecule has 0 unspecified atom stereocenters. The molecule has 1 aliphatic carbocycles. The highest BCUT2D eigenvalue weighted by atomic mass is 35.5. The molecule has 1 aromatic carbocycles. The van der Waals surface area contributed by atoms with E-state index in [4.69, 9.17) is 33.2 Å². The molecule has 25 heavy (non-hydrogen) atoms. The van der Waals surface area contributed by atoms with E-state index in [9.17, 15) is 4.79 Å². The van der Waals surface area contributed by atoms with Gasteiger partial charge in [-0.2, -0.15) is 5.26 Å². The zero-order valence-corrected chi connectivity index (χ0v) is 16.2. The monoisotopic (exact) mass is 380 g/mol. The Bertz CT molecular complexity index is 713. The Hall–Kier alpha value is -1.70. The van der Waals surface area contributed by atoms with Gasteiger partial charge < -0.3 is 9.64 Å². The van der Waals surface area contributed by atoms with Gasteiger partial charge >= 0.3 is 6.09 Å². The van der Waals surface area contributed by atoms with E-state index in [1.165, 1.54) is 6.08 Å². The van der Waals surface area contributed by atoms with E-state index in [1.807, 2.05) is 32.9 Å². The van der Waals surface area contributed by atoms with Gasteiger partial charge in [-0.15, -0.1) is 0 Å². The molecule has 0 spiro atoms. The Morgan fingerprint density at radius 3 is 2.64 bits per heavy atom. The topological polar surface area (TPSA) is 53.3 Å². The maximum Gasteiger partial charge on any atom is 0.410 e. The number of hydrogen-bond acceptors (Lipinski definition) is 3. The lowest BCUT2D eigenvalue weighted by molar-refractivity contribution is 0.0217. The van der Waals surface area contributed by atoms with Gasteiger partial charge in [-0.25, -0.2) is 4.79 Å². The number of benzene rings is 1. The van der Waals surface area contributed by atoms with Crippen LogP contribution in [0.3, 0.4) is 0 Å². The minimum absolute atomic E-state index is 0.187. The molecule has 0 bridgehead atoms. The van der Waals surface area contributed by atoms with Gasteiger partial charge in [0.15, 0.2) is 0 Å². The molecule has 4 nitrogen and oxygen atoms in total. The number of rotatable bonds is 5. The summed E-state index contributed by atoms with van der Waals surface area (Å²) in [6.45, 7) is 5.90. The van der Waals surface area contributed by atoms with Crippen LogP contribution in [0.15, 0.2) is 24.3 Å². The summed E-state index contributed by atoms with van der Waals surface area (Å²) >= 11 is 12.6. The molecule has 0 radical (unpaired) electrons. The van der Waals surface area contributed by atoms with Crippen LogP contribution in [0.4, 0.5) is 4.79 Å². The van der Waals surface area contributed by atoms with Crippen molar-refractivity contribution in [2.45, 2.75) is 58.2 Å². The first-order valence-corrected chi connectivity index (χ1v) is 8.98. The van der Waals surface area contributed by atoms with Crippen LogP contribution in [0.25, 0.3) is 0 Å². The van der Waals surface area contributed by atoms with E-state index in [0.29, 0.717) is 23.0 Å². The molecule has 2 rings (SSSR count). The average Bonchev–Trinajstić information content (AvgIpc) is 3.32. The molecule has 0 heterocycles. The van der Waals surface area contributed by atoms with E-state index in [0.717, 1.165) is 24.0 Å². The summed E-state index contributed by atoms with van der Waals surface area (Å²) in [4.78, 5) is 14.2. The van der Waals surface area contributed by atoms with Crippen molar-refractivity contribution in [1.29, 1.82) is 5.26 Å². The van der Waals surface area contributed by atoms with Crippen molar-refractivity contribution >= 4 is 29.3 Å². The quantitative estimate of drug-likeness (QED) is 0.632. The van der Waals surface area contributed by atoms with Crippen molar-refractivity contribution < 1.29 is 9.53 Å². The standard InChI is InChI=1S/C19H22Cl2N2O2/c1-19(2,3)25-18(24)23(15-7-8-15)12-14-10-13(6-4-5-9-22)11-16(20)17(14)21/h4-5,10-11,15H,6-8,12H2,1-3H3. The molecule has 1 fully saturated rings. The zero-order valence-electron chi connectivity index (χ0n) is 14.7. The smallest absolute Gasteiger partial charge is 0.410 e. The van der Waals surface area contributed by atoms with Crippen molar-refractivity contribution in [3.8, 4) is 6.07 Å². The number of allylic oxidation sites excluding steroid dienone is 2. The Kier molecular flexibility index (Phi) is 6.37. The molecule has 1 aromatic rings. The summed E-state index contributed by atoms with van der Waals surface area (Å²) < 4.78 is 5.52. The second-order valence-corrected chi connectivity index (χ2v) is 7.91. The lowest BCUT2D eigenvalue weighted by Crippen LogP contribution is -2.37. The lowest BCUT2D eigenvalue weighted by atomic mass is 10.1. The summed E-state index contributed by atoms with van der Waals surface area (Å²) in [5.74, 6) is 0. The minimum atomic E-state index is -0.546. The molecule has 0 atom stereocenters. The third kappa shape index (κ3) is 5.95. The first kappa shape index (κ1) is 19.6. The van der Waals surface area contributed by atoms with Gasteiger partial charge in [0.05, 0.1) is 22.7 Å². The van der Waals surface area contributed by atoms with Crippen LogP contribution < -0.4 is 0 Å². The normalized spacial score (nSPS) is 14.4. The average molecular weight is 381 g/mol. The summed E-state index contributed by atoms with van der Waals surface area (Å²) in [6.07, 6.45) is 5.37. The fraction of sp³-hybridized carbons (Fsp3) is 0.474. The maximum atomic E-state index is 12.5. The van der Waals surface area contributed by atoms with Crippen molar-refractivity contribution in [1.82, 2.24) is 4.90 Å². The highest BCUT2D eigenvalue weighted by molar-refractivity contribution is 6.42. The van der Waals surface area contributed by atoms with Crippen molar-refractivity contribution in [3.63, 3.8) is 0 Å².